The summed E-state index contributed by atoms with van der Waals surface area (Å²) in [5.74, 6) is 0.427. The summed E-state index contributed by atoms with van der Waals surface area (Å²) in [6.45, 7) is 0.904. The minimum atomic E-state index is -0.570. The monoisotopic (exact) mass is 477 g/mol. The third kappa shape index (κ3) is 3.37. The molecule has 2 fully saturated rings. The predicted octanol–water partition coefficient (Wildman–Crippen LogP) is 3.54. The van der Waals surface area contributed by atoms with Crippen molar-refractivity contribution in [1.82, 2.24) is 4.57 Å². The fraction of sp³-hybridized carbons (Fsp3) is 0.346. The summed E-state index contributed by atoms with van der Waals surface area (Å²) in [4.78, 5) is 32.0. The molecule has 3 aromatic rings. The molecule has 1 saturated heterocycles. The van der Waals surface area contributed by atoms with Gasteiger partial charge in [-0.15, -0.1) is 0 Å². The number of aldehydes is 1. The highest BCUT2D eigenvalue weighted by atomic mass is 19.1. The Kier molecular flexibility index (Phi) is 5.01. The SMILES string of the molecule is COc1ccc(C2=NOC3CN(c4c(F)cc5c(=O)c(C=O)cn(C6CC6)c5c4OC)CC23)cc1. The molecule has 3 aliphatic rings. The number of anilines is 1. The molecule has 1 aromatic heterocycles. The van der Waals surface area contributed by atoms with Gasteiger partial charge in [0.25, 0.3) is 0 Å². The second-order valence-electron chi connectivity index (χ2n) is 9.17. The van der Waals surface area contributed by atoms with Gasteiger partial charge < -0.3 is 23.8 Å². The maximum Gasteiger partial charge on any atom is 0.200 e. The highest BCUT2D eigenvalue weighted by molar-refractivity contribution is 6.04. The summed E-state index contributed by atoms with van der Waals surface area (Å²) >= 11 is 0. The van der Waals surface area contributed by atoms with E-state index >= 15 is 4.39 Å². The molecular formula is C26H24FN3O5. The van der Waals surface area contributed by atoms with Crippen LogP contribution in [0, 0.1) is 11.7 Å². The summed E-state index contributed by atoms with van der Waals surface area (Å²) in [6, 6.07) is 8.99. The molecule has 0 spiro atoms. The Morgan fingerprint density at radius 1 is 1.14 bits per heavy atom. The van der Waals surface area contributed by atoms with Gasteiger partial charge in [0.15, 0.2) is 29.4 Å². The van der Waals surface area contributed by atoms with E-state index in [9.17, 15) is 9.59 Å². The van der Waals surface area contributed by atoms with E-state index in [0.29, 0.717) is 36.3 Å². The van der Waals surface area contributed by atoms with Crippen LogP contribution in [0.2, 0.25) is 0 Å². The maximum atomic E-state index is 15.6. The molecule has 3 heterocycles. The van der Waals surface area contributed by atoms with Gasteiger partial charge in [0.2, 0.25) is 0 Å². The molecule has 2 unspecified atom stereocenters. The normalized spacial score (nSPS) is 21.0. The van der Waals surface area contributed by atoms with Gasteiger partial charge >= 0.3 is 0 Å². The Balaban J connectivity index is 1.42. The fourth-order valence-corrected chi connectivity index (χ4v) is 5.22. The van der Waals surface area contributed by atoms with E-state index in [-0.39, 0.29) is 29.0 Å². The van der Waals surface area contributed by atoms with Crippen molar-refractivity contribution in [3.8, 4) is 11.5 Å². The summed E-state index contributed by atoms with van der Waals surface area (Å²) in [5.41, 5.74) is 2.07. The number of hydrogen-bond donors (Lipinski definition) is 0. The van der Waals surface area contributed by atoms with Gasteiger partial charge in [-0.3, -0.25) is 9.59 Å². The van der Waals surface area contributed by atoms with Crippen LogP contribution >= 0.6 is 0 Å². The Hall–Kier alpha value is -3.88. The second kappa shape index (κ2) is 8.11. The number of benzene rings is 2. The zero-order valence-electron chi connectivity index (χ0n) is 19.4. The lowest BCUT2D eigenvalue weighted by molar-refractivity contribution is 0.0853. The van der Waals surface area contributed by atoms with Crippen LogP contribution in [-0.2, 0) is 4.84 Å². The molecule has 35 heavy (non-hydrogen) atoms. The van der Waals surface area contributed by atoms with Crippen LogP contribution in [0.1, 0.15) is 34.8 Å². The predicted molar refractivity (Wildman–Crippen MR) is 128 cm³/mol. The molecule has 0 radical (unpaired) electrons. The standard InChI is InChI=1S/C26H24FN3O5/c1-33-17-7-3-14(4-8-17)22-19-11-29(12-21(19)35-28-22)24-20(27)9-18-23(26(24)34-2)30(16-5-6-16)10-15(13-31)25(18)32/h3-4,7-10,13,16,19,21H,5-6,11-12H2,1-2H3. The molecule has 0 amide bonds. The van der Waals surface area contributed by atoms with Crippen LogP contribution in [-0.4, -0.2) is 50.0 Å². The summed E-state index contributed by atoms with van der Waals surface area (Å²) in [5, 5.41) is 4.46. The number of halogens is 1. The molecule has 1 saturated carbocycles. The zero-order valence-corrected chi connectivity index (χ0v) is 19.4. The lowest BCUT2D eigenvalue weighted by Gasteiger charge is -2.25. The zero-order chi connectivity index (χ0) is 24.3. The van der Waals surface area contributed by atoms with Crippen LogP contribution in [0.15, 0.2) is 46.5 Å². The highest BCUT2D eigenvalue weighted by Crippen LogP contribution is 2.45. The number of pyridine rings is 1. The van der Waals surface area contributed by atoms with Crippen molar-refractivity contribution in [2.45, 2.75) is 25.0 Å². The van der Waals surface area contributed by atoms with Gasteiger partial charge in [-0.25, -0.2) is 4.39 Å². The third-order valence-corrected chi connectivity index (χ3v) is 7.10. The van der Waals surface area contributed by atoms with E-state index in [4.69, 9.17) is 14.3 Å². The van der Waals surface area contributed by atoms with E-state index in [1.807, 2.05) is 33.7 Å². The summed E-state index contributed by atoms with van der Waals surface area (Å²) in [7, 11) is 3.09. The average molecular weight is 477 g/mol. The molecule has 9 heteroatoms. The summed E-state index contributed by atoms with van der Waals surface area (Å²) < 4.78 is 28.5. The van der Waals surface area contributed by atoms with E-state index in [2.05, 4.69) is 5.16 Å². The quantitative estimate of drug-likeness (QED) is 0.505. The van der Waals surface area contributed by atoms with Crippen LogP contribution in [0.5, 0.6) is 11.5 Å². The van der Waals surface area contributed by atoms with Gasteiger partial charge in [-0.05, 0) is 43.2 Å². The largest absolute Gasteiger partial charge is 0.497 e. The Bertz CT molecular complexity index is 1430. The molecule has 180 valence electrons. The first-order valence-electron chi connectivity index (χ1n) is 11.6. The smallest absolute Gasteiger partial charge is 0.200 e. The number of fused-ring (bicyclic) bond motifs is 2. The highest BCUT2D eigenvalue weighted by Gasteiger charge is 2.44. The first-order chi connectivity index (χ1) is 17.0. The van der Waals surface area contributed by atoms with E-state index in [0.717, 1.165) is 29.9 Å². The first kappa shape index (κ1) is 21.6. The lowest BCUT2D eigenvalue weighted by atomic mass is 9.95. The fourth-order valence-electron chi connectivity index (χ4n) is 5.22. The second-order valence-corrected chi connectivity index (χ2v) is 9.17. The van der Waals surface area contributed by atoms with Crippen molar-refractivity contribution in [2.75, 3.05) is 32.2 Å². The minimum absolute atomic E-state index is 0.0167. The number of hydrogen-bond acceptors (Lipinski definition) is 7. The molecule has 2 aliphatic heterocycles. The van der Waals surface area contributed by atoms with Crippen LogP contribution in [0.4, 0.5) is 10.1 Å². The van der Waals surface area contributed by atoms with E-state index in [1.54, 1.807) is 13.3 Å². The molecular weight excluding hydrogens is 453 g/mol. The van der Waals surface area contributed by atoms with Crippen LogP contribution in [0.25, 0.3) is 10.9 Å². The van der Waals surface area contributed by atoms with Crippen molar-refractivity contribution >= 4 is 28.6 Å². The molecule has 2 atom stereocenters. The number of aromatic nitrogens is 1. The average Bonchev–Trinajstić information content (AvgIpc) is 3.52. The van der Waals surface area contributed by atoms with Crippen molar-refractivity contribution in [3.05, 3.63) is 63.7 Å². The van der Waals surface area contributed by atoms with Crippen LogP contribution in [0.3, 0.4) is 0 Å². The lowest BCUT2D eigenvalue weighted by Crippen LogP contribution is -2.25. The Morgan fingerprint density at radius 3 is 2.57 bits per heavy atom. The number of carbonyl (C=O) groups excluding carboxylic acids is 1. The molecule has 1 aliphatic carbocycles. The summed E-state index contributed by atoms with van der Waals surface area (Å²) in [6.07, 6.45) is 3.72. The number of nitrogens with zero attached hydrogens (tertiary/aromatic N) is 3. The molecule has 2 aromatic carbocycles. The number of ether oxygens (including phenoxy) is 2. The van der Waals surface area contributed by atoms with E-state index in [1.165, 1.54) is 13.2 Å². The van der Waals surface area contributed by atoms with Crippen LogP contribution < -0.4 is 19.8 Å². The third-order valence-electron chi connectivity index (χ3n) is 7.10. The van der Waals surface area contributed by atoms with Gasteiger partial charge in [-0.2, -0.15) is 0 Å². The van der Waals surface area contributed by atoms with Gasteiger partial charge in [-0.1, -0.05) is 5.16 Å². The number of oxime groups is 1. The van der Waals surface area contributed by atoms with Crippen molar-refractivity contribution < 1.29 is 23.5 Å². The minimum Gasteiger partial charge on any atom is -0.497 e. The Labute approximate surface area is 200 Å². The Morgan fingerprint density at radius 2 is 1.91 bits per heavy atom. The van der Waals surface area contributed by atoms with Gasteiger partial charge in [0.1, 0.15) is 11.4 Å². The number of rotatable bonds is 6. The topological polar surface area (TPSA) is 82.4 Å². The van der Waals surface area contributed by atoms with E-state index < -0.39 is 11.2 Å². The van der Waals surface area contributed by atoms with Crippen molar-refractivity contribution in [3.63, 3.8) is 0 Å². The van der Waals surface area contributed by atoms with Crippen molar-refractivity contribution in [1.29, 1.82) is 0 Å². The maximum absolute atomic E-state index is 15.6. The number of carbonyl (C=O) groups is 1. The first-order valence-corrected chi connectivity index (χ1v) is 11.6. The molecule has 6 rings (SSSR count). The van der Waals surface area contributed by atoms with Crippen molar-refractivity contribution in [2.24, 2.45) is 11.1 Å². The van der Waals surface area contributed by atoms with Gasteiger partial charge in [0.05, 0.1) is 48.9 Å². The number of methoxy groups -OCH3 is 2. The van der Waals surface area contributed by atoms with Gasteiger partial charge in [0, 0.05) is 24.3 Å². The molecule has 0 N–H and O–H groups in total. The molecule has 0 bridgehead atoms. The molecule has 8 nitrogen and oxygen atoms in total.